The van der Waals surface area contributed by atoms with Crippen LogP contribution in [0.25, 0.3) is 0 Å². The molecule has 9 heteroatoms. The number of carbonyl (C=O) groups is 2. The normalized spacial score (nSPS) is 17.4. The lowest BCUT2D eigenvalue weighted by Gasteiger charge is -2.34. The number of rotatable bonds is 7. The summed E-state index contributed by atoms with van der Waals surface area (Å²) in [4.78, 5) is 29.3. The third-order valence-corrected chi connectivity index (χ3v) is 8.30. The molecule has 182 valence electrons. The van der Waals surface area contributed by atoms with Crippen molar-refractivity contribution in [1.82, 2.24) is 9.21 Å². The van der Waals surface area contributed by atoms with Crippen LogP contribution < -0.4 is 10.2 Å². The monoisotopic (exact) mass is 484 g/mol. The minimum atomic E-state index is -3.56. The van der Waals surface area contributed by atoms with Crippen molar-refractivity contribution in [3.63, 3.8) is 0 Å². The molecule has 0 saturated carbocycles. The molecular weight excluding hydrogens is 452 g/mol. The molecule has 0 aromatic heterocycles. The first-order chi connectivity index (χ1) is 16.4. The molecule has 2 aliphatic rings. The first-order valence-corrected chi connectivity index (χ1v) is 13.4. The van der Waals surface area contributed by atoms with Crippen molar-refractivity contribution >= 4 is 33.2 Å². The minimum absolute atomic E-state index is 0.0926. The first kappa shape index (κ1) is 24.2. The molecule has 0 atom stereocenters. The summed E-state index contributed by atoms with van der Waals surface area (Å²) < 4.78 is 26.9. The Kier molecular flexibility index (Phi) is 7.84. The predicted molar refractivity (Wildman–Crippen MR) is 132 cm³/mol. The molecule has 1 N–H and O–H groups in total. The van der Waals surface area contributed by atoms with Crippen molar-refractivity contribution in [1.29, 1.82) is 0 Å². The molecule has 2 amide bonds. The van der Waals surface area contributed by atoms with Gasteiger partial charge in [0.25, 0.3) is 0 Å². The maximum Gasteiger partial charge on any atom is 0.243 e. The lowest BCUT2D eigenvalue weighted by atomic mass is 10.1. The van der Waals surface area contributed by atoms with E-state index in [1.54, 1.807) is 35.2 Å². The number of piperazine rings is 1. The molecule has 2 fully saturated rings. The molecule has 0 aliphatic carbocycles. The fraction of sp³-hybridized carbons (Fsp3) is 0.440. The van der Waals surface area contributed by atoms with Gasteiger partial charge in [0.05, 0.1) is 4.90 Å². The summed E-state index contributed by atoms with van der Waals surface area (Å²) in [7, 11) is -3.56. The largest absolute Gasteiger partial charge is 0.371 e. The quantitative estimate of drug-likeness (QED) is 0.653. The molecule has 2 heterocycles. The maximum atomic E-state index is 12.7. The van der Waals surface area contributed by atoms with E-state index in [4.69, 9.17) is 0 Å². The molecule has 2 aliphatic heterocycles. The number of hydrogen-bond donors (Lipinski definition) is 1. The van der Waals surface area contributed by atoms with E-state index in [2.05, 4.69) is 16.3 Å². The lowest BCUT2D eigenvalue weighted by Crippen LogP contribution is -2.50. The van der Waals surface area contributed by atoms with Gasteiger partial charge in [0.2, 0.25) is 21.8 Å². The Morgan fingerprint density at radius 1 is 0.794 bits per heavy atom. The molecule has 0 radical (unpaired) electrons. The number of nitrogens with one attached hydrogen (secondary N) is 1. The van der Waals surface area contributed by atoms with Crippen LogP contribution in [0.4, 0.5) is 11.4 Å². The third kappa shape index (κ3) is 5.95. The Balaban J connectivity index is 1.23. The molecule has 2 aromatic rings. The number of amides is 2. The smallest absolute Gasteiger partial charge is 0.243 e. The number of nitrogens with zero attached hydrogens (tertiary/aromatic N) is 3. The standard InChI is InChI=1S/C25H32N4O4S/c30-24(26-21-8-7-9-22(20-21)27-14-5-2-6-15-27)12-13-25(31)28-16-18-29(19-17-28)34(32,33)23-10-3-1-4-11-23/h1,3-4,7-11,20H,2,5-6,12-19H2,(H,26,30). The summed E-state index contributed by atoms with van der Waals surface area (Å²) in [5.41, 5.74) is 1.84. The van der Waals surface area contributed by atoms with Gasteiger partial charge in [-0.15, -0.1) is 0 Å². The van der Waals surface area contributed by atoms with E-state index in [9.17, 15) is 18.0 Å². The number of anilines is 2. The van der Waals surface area contributed by atoms with Crippen molar-refractivity contribution in [2.24, 2.45) is 0 Å². The molecule has 2 aromatic carbocycles. The highest BCUT2D eigenvalue weighted by molar-refractivity contribution is 7.89. The van der Waals surface area contributed by atoms with Gasteiger partial charge < -0.3 is 15.1 Å². The highest BCUT2D eigenvalue weighted by atomic mass is 32.2. The van der Waals surface area contributed by atoms with Crippen LogP contribution in [0.2, 0.25) is 0 Å². The Morgan fingerprint density at radius 3 is 2.21 bits per heavy atom. The lowest BCUT2D eigenvalue weighted by molar-refractivity contribution is -0.133. The van der Waals surface area contributed by atoms with E-state index < -0.39 is 10.0 Å². The van der Waals surface area contributed by atoms with Crippen LogP contribution in [-0.2, 0) is 19.6 Å². The van der Waals surface area contributed by atoms with Gasteiger partial charge in [-0.1, -0.05) is 24.3 Å². The summed E-state index contributed by atoms with van der Waals surface area (Å²) in [6, 6.07) is 16.2. The van der Waals surface area contributed by atoms with Crippen molar-refractivity contribution in [2.75, 3.05) is 49.5 Å². The van der Waals surface area contributed by atoms with Gasteiger partial charge in [0, 0.05) is 63.5 Å². The van der Waals surface area contributed by atoms with Crippen molar-refractivity contribution in [3.05, 3.63) is 54.6 Å². The average Bonchev–Trinajstić information content (AvgIpc) is 2.88. The van der Waals surface area contributed by atoms with Gasteiger partial charge in [0.15, 0.2) is 0 Å². The van der Waals surface area contributed by atoms with Crippen molar-refractivity contribution < 1.29 is 18.0 Å². The van der Waals surface area contributed by atoms with Gasteiger partial charge in [-0.2, -0.15) is 4.31 Å². The topological polar surface area (TPSA) is 90.0 Å². The van der Waals surface area contributed by atoms with E-state index in [0.717, 1.165) is 24.5 Å². The fourth-order valence-electron chi connectivity index (χ4n) is 4.45. The maximum absolute atomic E-state index is 12.7. The first-order valence-electron chi connectivity index (χ1n) is 11.9. The zero-order valence-corrected chi connectivity index (χ0v) is 20.2. The SMILES string of the molecule is O=C(CCC(=O)N1CCN(S(=O)(=O)c2ccccc2)CC1)Nc1cccc(N2CCCCC2)c1. The number of benzene rings is 2. The molecule has 0 spiro atoms. The van der Waals surface area contributed by atoms with Crippen LogP contribution >= 0.6 is 0 Å². The second-order valence-electron chi connectivity index (χ2n) is 8.74. The Bertz CT molecular complexity index is 1090. The van der Waals surface area contributed by atoms with Crippen LogP contribution in [0.3, 0.4) is 0 Å². The molecule has 0 unspecified atom stereocenters. The van der Waals surface area contributed by atoms with Gasteiger partial charge >= 0.3 is 0 Å². The molecule has 2 saturated heterocycles. The number of carbonyl (C=O) groups excluding carboxylic acids is 2. The highest BCUT2D eigenvalue weighted by Crippen LogP contribution is 2.23. The number of sulfonamides is 1. The summed E-state index contributed by atoms with van der Waals surface area (Å²) in [6.45, 7) is 3.21. The second kappa shape index (κ2) is 11.0. The fourth-order valence-corrected chi connectivity index (χ4v) is 5.90. The van der Waals surface area contributed by atoms with Crippen LogP contribution in [0.5, 0.6) is 0 Å². The van der Waals surface area contributed by atoms with Gasteiger partial charge in [0.1, 0.15) is 0 Å². The Morgan fingerprint density at radius 2 is 1.50 bits per heavy atom. The summed E-state index contributed by atoms with van der Waals surface area (Å²) in [5.74, 6) is -0.330. The Labute approximate surface area is 201 Å². The van der Waals surface area contributed by atoms with E-state index >= 15 is 0 Å². The van der Waals surface area contributed by atoms with Gasteiger partial charge in [-0.05, 0) is 49.6 Å². The summed E-state index contributed by atoms with van der Waals surface area (Å²) in [5, 5.41) is 2.90. The van der Waals surface area contributed by atoms with E-state index in [-0.39, 0.29) is 42.6 Å². The summed E-state index contributed by atoms with van der Waals surface area (Å²) in [6.07, 6.45) is 3.83. The van der Waals surface area contributed by atoms with Crippen molar-refractivity contribution in [2.45, 2.75) is 37.0 Å². The van der Waals surface area contributed by atoms with Crippen LogP contribution in [0.15, 0.2) is 59.5 Å². The van der Waals surface area contributed by atoms with Gasteiger partial charge in [-0.3, -0.25) is 9.59 Å². The molecule has 8 nitrogen and oxygen atoms in total. The molecular formula is C25H32N4O4S. The average molecular weight is 485 g/mol. The third-order valence-electron chi connectivity index (χ3n) is 6.39. The molecule has 34 heavy (non-hydrogen) atoms. The molecule has 4 rings (SSSR count). The van der Waals surface area contributed by atoms with E-state index in [1.165, 1.54) is 23.6 Å². The zero-order chi connectivity index (χ0) is 24.0. The molecule has 0 bridgehead atoms. The number of piperidine rings is 1. The second-order valence-corrected chi connectivity index (χ2v) is 10.7. The zero-order valence-electron chi connectivity index (χ0n) is 19.4. The highest BCUT2D eigenvalue weighted by Gasteiger charge is 2.30. The van der Waals surface area contributed by atoms with Crippen LogP contribution in [0, 0.1) is 0 Å². The predicted octanol–water partition coefficient (Wildman–Crippen LogP) is 2.93. The van der Waals surface area contributed by atoms with Gasteiger partial charge in [-0.25, -0.2) is 8.42 Å². The van der Waals surface area contributed by atoms with Crippen LogP contribution in [0.1, 0.15) is 32.1 Å². The Hall–Kier alpha value is -2.91. The number of hydrogen-bond acceptors (Lipinski definition) is 5. The van der Waals surface area contributed by atoms with E-state index in [1.807, 2.05) is 18.2 Å². The minimum Gasteiger partial charge on any atom is -0.371 e. The van der Waals surface area contributed by atoms with Crippen molar-refractivity contribution in [3.8, 4) is 0 Å². The van der Waals surface area contributed by atoms with E-state index in [0.29, 0.717) is 13.1 Å². The summed E-state index contributed by atoms with van der Waals surface area (Å²) >= 11 is 0. The van der Waals surface area contributed by atoms with Crippen LogP contribution in [-0.4, -0.2) is 68.7 Å².